The molecule has 11 nitrogen and oxygen atoms in total. The number of thioether (sulfide) groups is 1. The monoisotopic (exact) mass is 634 g/mol. The lowest BCUT2D eigenvalue weighted by Crippen LogP contribution is -2.54. The summed E-state index contributed by atoms with van der Waals surface area (Å²) in [4.78, 5) is 54.9. The molecule has 1 heterocycles. The van der Waals surface area contributed by atoms with Crippen molar-refractivity contribution in [3.63, 3.8) is 0 Å². The van der Waals surface area contributed by atoms with Gasteiger partial charge in [0.1, 0.15) is 17.6 Å². The van der Waals surface area contributed by atoms with Crippen molar-refractivity contribution >= 4 is 46.9 Å². The summed E-state index contributed by atoms with van der Waals surface area (Å²) in [5, 5.41) is 18.5. The molecule has 2 atom stereocenters. The molecule has 43 heavy (non-hydrogen) atoms. The fraction of sp³-hybridized carbons (Fsp3) is 0.379. The average Bonchev–Trinajstić information content (AvgIpc) is 3.38. The van der Waals surface area contributed by atoms with Gasteiger partial charge in [0.2, 0.25) is 11.8 Å². The number of amides is 2. The van der Waals surface area contributed by atoms with Crippen molar-refractivity contribution in [3.05, 3.63) is 64.2 Å². The molecule has 1 aromatic heterocycles. The number of carboxylic acids is 1. The van der Waals surface area contributed by atoms with Crippen LogP contribution in [-0.2, 0) is 31.4 Å². The predicted octanol–water partition coefficient (Wildman–Crippen LogP) is 3.99. The van der Waals surface area contributed by atoms with Crippen molar-refractivity contribution in [3.8, 4) is 17.2 Å². The van der Waals surface area contributed by atoms with Gasteiger partial charge in [0.05, 0.1) is 31.7 Å². The Labute approximate surface area is 256 Å². The summed E-state index contributed by atoms with van der Waals surface area (Å²) in [5.74, 6) is -2.99. The molecule has 0 spiro atoms. The van der Waals surface area contributed by atoms with E-state index in [-0.39, 0.29) is 34.4 Å². The van der Waals surface area contributed by atoms with Gasteiger partial charge in [-0.2, -0.15) is 4.98 Å². The van der Waals surface area contributed by atoms with E-state index in [1.165, 1.54) is 25.3 Å². The Morgan fingerprint density at radius 1 is 1.16 bits per heavy atom. The predicted molar refractivity (Wildman–Crippen MR) is 158 cm³/mol. The van der Waals surface area contributed by atoms with Crippen LogP contribution in [0, 0.1) is 18.7 Å². The number of aryl methyl sites for hydroxylation is 1. The Hall–Kier alpha value is -3.97. The number of rotatable bonds is 15. The van der Waals surface area contributed by atoms with Crippen molar-refractivity contribution in [1.82, 2.24) is 20.8 Å². The van der Waals surface area contributed by atoms with E-state index < -0.39 is 53.8 Å². The van der Waals surface area contributed by atoms with E-state index in [1.54, 1.807) is 39.0 Å². The van der Waals surface area contributed by atoms with Crippen LogP contribution in [0.15, 0.2) is 40.9 Å². The van der Waals surface area contributed by atoms with Crippen molar-refractivity contribution < 1.29 is 37.9 Å². The molecule has 0 radical (unpaired) electrons. The lowest BCUT2D eigenvalue weighted by Gasteiger charge is -2.25. The molecule has 0 fully saturated rings. The van der Waals surface area contributed by atoms with Crippen LogP contribution in [0.1, 0.15) is 37.2 Å². The normalized spacial score (nSPS) is 12.4. The maximum Gasteiger partial charge on any atom is 0.305 e. The van der Waals surface area contributed by atoms with Gasteiger partial charge in [-0.15, -0.1) is 11.8 Å². The summed E-state index contributed by atoms with van der Waals surface area (Å²) in [6.45, 7) is 5.08. The summed E-state index contributed by atoms with van der Waals surface area (Å²) in [7, 11) is 1.46. The minimum atomic E-state index is -1.36. The number of aliphatic carboxylic acids is 1. The minimum Gasteiger partial charge on any atom is -0.496 e. The lowest BCUT2D eigenvalue weighted by atomic mass is 10.0. The van der Waals surface area contributed by atoms with Crippen molar-refractivity contribution in [2.75, 3.05) is 12.9 Å². The third kappa shape index (κ3) is 9.52. The van der Waals surface area contributed by atoms with E-state index >= 15 is 0 Å². The third-order valence-electron chi connectivity index (χ3n) is 6.31. The van der Waals surface area contributed by atoms with Gasteiger partial charge in [0.25, 0.3) is 5.89 Å². The van der Waals surface area contributed by atoms with Gasteiger partial charge in [-0.25, -0.2) is 4.39 Å². The maximum absolute atomic E-state index is 14.1. The van der Waals surface area contributed by atoms with Gasteiger partial charge >= 0.3 is 5.97 Å². The highest BCUT2D eigenvalue weighted by atomic mass is 35.5. The number of methoxy groups -OCH3 is 1. The summed E-state index contributed by atoms with van der Waals surface area (Å²) in [6.07, 6.45) is -0.823. The molecule has 2 amide bonds. The highest BCUT2D eigenvalue weighted by Gasteiger charge is 2.30. The van der Waals surface area contributed by atoms with E-state index in [9.17, 15) is 28.7 Å². The number of carbonyl (C=O) groups is 4. The second-order valence-corrected chi connectivity index (χ2v) is 11.4. The summed E-state index contributed by atoms with van der Waals surface area (Å²) >= 11 is 7.07. The number of Topliss-reactive ketones (excluding diaryl/α,β-unsaturated/α-hetero) is 1. The zero-order valence-electron chi connectivity index (χ0n) is 24.0. The van der Waals surface area contributed by atoms with E-state index in [1.807, 2.05) is 0 Å². The summed E-state index contributed by atoms with van der Waals surface area (Å²) in [5.41, 5.74) is 1.30. The van der Waals surface area contributed by atoms with Crippen LogP contribution in [0.3, 0.4) is 0 Å². The molecule has 0 saturated carbocycles. The van der Waals surface area contributed by atoms with Gasteiger partial charge in [-0.3, -0.25) is 19.2 Å². The maximum atomic E-state index is 14.1. The molecule has 0 bridgehead atoms. The van der Waals surface area contributed by atoms with Gasteiger partial charge in [-0.05, 0) is 43.2 Å². The van der Waals surface area contributed by atoms with Crippen LogP contribution in [0.2, 0.25) is 5.02 Å². The number of ketones is 1. The number of aromatic nitrogens is 2. The Morgan fingerprint density at radius 2 is 1.91 bits per heavy atom. The first-order chi connectivity index (χ1) is 20.4. The van der Waals surface area contributed by atoms with Crippen LogP contribution in [0.5, 0.6) is 5.75 Å². The van der Waals surface area contributed by atoms with Crippen LogP contribution in [0.4, 0.5) is 4.39 Å². The lowest BCUT2D eigenvalue weighted by molar-refractivity contribution is -0.140. The Balaban J connectivity index is 1.67. The molecule has 3 aromatic rings. The molecule has 0 aliphatic carbocycles. The van der Waals surface area contributed by atoms with Crippen LogP contribution in [0.25, 0.3) is 11.5 Å². The van der Waals surface area contributed by atoms with E-state index in [4.69, 9.17) is 20.9 Å². The highest BCUT2D eigenvalue weighted by Crippen LogP contribution is 2.27. The zero-order valence-corrected chi connectivity index (χ0v) is 25.6. The van der Waals surface area contributed by atoms with E-state index in [0.29, 0.717) is 22.7 Å². The molecule has 3 rings (SSSR count). The number of nitrogens with zero attached hydrogens (tertiary/aromatic N) is 2. The molecule has 230 valence electrons. The molecule has 1 unspecified atom stereocenters. The average molecular weight is 635 g/mol. The smallest absolute Gasteiger partial charge is 0.305 e. The third-order valence-corrected chi connectivity index (χ3v) is 7.64. The highest BCUT2D eigenvalue weighted by molar-refractivity contribution is 7.99. The number of benzene rings is 2. The molecule has 0 aliphatic heterocycles. The number of carboxylic acid groups (broad SMARTS) is 1. The van der Waals surface area contributed by atoms with Crippen molar-refractivity contribution in [2.45, 2.75) is 51.4 Å². The first-order valence-corrected chi connectivity index (χ1v) is 14.7. The molecule has 3 N–H and O–H groups in total. The largest absolute Gasteiger partial charge is 0.496 e. The first kappa shape index (κ1) is 33.5. The van der Waals surface area contributed by atoms with E-state index in [2.05, 4.69) is 20.8 Å². The quantitative estimate of drug-likeness (QED) is 0.223. The second-order valence-electron chi connectivity index (χ2n) is 9.96. The summed E-state index contributed by atoms with van der Waals surface area (Å²) < 4.78 is 24.6. The molecule has 0 aliphatic rings. The zero-order chi connectivity index (χ0) is 31.7. The number of ether oxygens (including phenoxy) is 1. The van der Waals surface area contributed by atoms with Gasteiger partial charge in [-0.1, -0.05) is 36.7 Å². The Morgan fingerprint density at radius 3 is 2.51 bits per heavy atom. The second kappa shape index (κ2) is 15.5. The van der Waals surface area contributed by atoms with Crippen molar-refractivity contribution in [2.24, 2.45) is 5.92 Å². The Kier molecular flexibility index (Phi) is 12.1. The molecule has 14 heteroatoms. The number of carbonyl (C=O) groups excluding carboxylic acids is 3. The summed E-state index contributed by atoms with van der Waals surface area (Å²) in [6, 6.07) is 6.84. The first-order valence-electron chi connectivity index (χ1n) is 13.2. The number of hydrogen-bond acceptors (Lipinski definition) is 9. The number of nitrogens with one attached hydrogen (secondary N) is 2. The SMILES string of the molecule is COc1ccc(-c2nc(C)no2)cc1CC(=O)N[C@H](C(=O)NC(CC(=O)O)C(=O)CSCc1c(F)cccc1Cl)C(C)C. The van der Waals surface area contributed by atoms with Crippen LogP contribution >= 0.6 is 23.4 Å². The molecule has 0 saturated heterocycles. The Bertz CT molecular complexity index is 1460. The van der Waals surface area contributed by atoms with Gasteiger partial charge < -0.3 is 25.0 Å². The minimum absolute atomic E-state index is 0.0758. The van der Waals surface area contributed by atoms with Gasteiger partial charge in [0, 0.05) is 27.5 Å². The molecular weight excluding hydrogens is 603 g/mol. The van der Waals surface area contributed by atoms with Gasteiger partial charge in [0.15, 0.2) is 11.6 Å². The molecule has 2 aromatic carbocycles. The van der Waals surface area contributed by atoms with E-state index in [0.717, 1.165) is 11.8 Å². The van der Waals surface area contributed by atoms with Crippen LogP contribution < -0.4 is 15.4 Å². The molecular formula is C29H32ClFN4O7S. The standard InChI is InChI=1S/C29H32ClFN4O7S/c1-15(2)27(34-25(37)11-18-10-17(8-9-24(18)41-4)29-32-16(3)35-42-29)28(40)33-22(12-26(38)39)23(36)14-43-13-19-20(30)6-5-7-21(19)31/h5-10,15,22,27H,11-14H2,1-4H3,(H,33,40)(H,34,37)(H,38,39)/t22?,27-/m0/s1. The number of hydrogen-bond donors (Lipinski definition) is 3. The number of halogens is 2. The van der Waals surface area contributed by atoms with Crippen molar-refractivity contribution in [1.29, 1.82) is 0 Å². The fourth-order valence-corrected chi connectivity index (χ4v) is 5.41. The topological polar surface area (TPSA) is 161 Å². The van der Waals surface area contributed by atoms with Crippen LogP contribution in [-0.4, -0.2) is 63.8 Å². The fourth-order valence-electron chi connectivity index (χ4n) is 4.10.